The number of anilines is 2. The van der Waals surface area contributed by atoms with Crippen LogP contribution < -0.4 is 10.2 Å². The molecular formula is C17H17N3O3S. The fraction of sp³-hybridized carbons (Fsp3) is 0.294. The van der Waals surface area contributed by atoms with Crippen molar-refractivity contribution in [3.05, 3.63) is 40.4 Å². The zero-order valence-electron chi connectivity index (χ0n) is 13.5. The normalized spacial score (nSPS) is 14.1. The molecule has 2 heterocycles. The standard InChI is InChI=1S/C17H17N3O3S/c1-10-15(24-17(18-10)20-8-4-7-14(20)22)16(23)19-13-6-3-5-12(9-13)11(2)21/h3,5-6,9H,4,7-8H2,1-2H3,(H,19,23). The monoisotopic (exact) mass is 343 g/mol. The second kappa shape index (κ2) is 6.52. The number of hydrogen-bond donors (Lipinski definition) is 1. The van der Waals surface area contributed by atoms with Gasteiger partial charge >= 0.3 is 0 Å². The number of nitrogens with one attached hydrogen (secondary N) is 1. The molecule has 1 fully saturated rings. The first kappa shape index (κ1) is 16.3. The van der Waals surface area contributed by atoms with Gasteiger partial charge in [0.25, 0.3) is 5.91 Å². The van der Waals surface area contributed by atoms with Crippen molar-refractivity contribution in [2.45, 2.75) is 26.7 Å². The number of carbonyl (C=O) groups excluding carboxylic acids is 3. The summed E-state index contributed by atoms with van der Waals surface area (Å²) < 4.78 is 0. The van der Waals surface area contributed by atoms with Crippen LogP contribution in [0.15, 0.2) is 24.3 Å². The van der Waals surface area contributed by atoms with E-state index in [1.807, 2.05) is 0 Å². The van der Waals surface area contributed by atoms with Crippen LogP contribution in [-0.2, 0) is 4.79 Å². The maximum atomic E-state index is 12.5. The lowest BCUT2D eigenvalue weighted by Crippen LogP contribution is -2.23. The fourth-order valence-corrected chi connectivity index (χ4v) is 3.57. The zero-order valence-corrected chi connectivity index (χ0v) is 14.3. The van der Waals surface area contributed by atoms with E-state index in [-0.39, 0.29) is 17.6 Å². The van der Waals surface area contributed by atoms with Crippen LogP contribution >= 0.6 is 11.3 Å². The van der Waals surface area contributed by atoms with Crippen molar-refractivity contribution in [1.82, 2.24) is 4.98 Å². The van der Waals surface area contributed by atoms with Crippen molar-refractivity contribution in [2.24, 2.45) is 0 Å². The third-order valence-corrected chi connectivity index (χ3v) is 5.00. The molecule has 2 amide bonds. The highest BCUT2D eigenvalue weighted by atomic mass is 32.1. The second-order valence-corrected chi connectivity index (χ2v) is 6.63. The van der Waals surface area contributed by atoms with Crippen molar-refractivity contribution in [1.29, 1.82) is 0 Å². The van der Waals surface area contributed by atoms with Crippen LogP contribution in [0.4, 0.5) is 10.8 Å². The molecule has 0 radical (unpaired) electrons. The van der Waals surface area contributed by atoms with Crippen LogP contribution in [0.1, 0.15) is 45.5 Å². The molecule has 0 saturated carbocycles. The molecule has 7 heteroatoms. The number of amides is 2. The molecule has 1 N–H and O–H groups in total. The number of hydrogen-bond acceptors (Lipinski definition) is 5. The minimum absolute atomic E-state index is 0.0462. The van der Waals surface area contributed by atoms with Crippen LogP contribution in [0.2, 0.25) is 0 Å². The molecule has 0 spiro atoms. The van der Waals surface area contributed by atoms with Gasteiger partial charge in [-0.05, 0) is 32.4 Å². The molecule has 0 bridgehead atoms. The zero-order chi connectivity index (χ0) is 17.3. The number of nitrogens with zero attached hydrogens (tertiary/aromatic N) is 2. The Morgan fingerprint density at radius 1 is 1.33 bits per heavy atom. The van der Waals surface area contributed by atoms with E-state index in [1.54, 1.807) is 36.1 Å². The Hall–Kier alpha value is -2.54. The number of Topliss-reactive ketones (excluding diaryl/α,β-unsaturated/α-hetero) is 1. The maximum Gasteiger partial charge on any atom is 0.267 e. The molecule has 124 valence electrons. The van der Waals surface area contributed by atoms with Crippen molar-refractivity contribution in [2.75, 3.05) is 16.8 Å². The molecule has 1 aromatic heterocycles. The molecule has 6 nitrogen and oxygen atoms in total. The molecule has 1 aromatic carbocycles. The van der Waals surface area contributed by atoms with E-state index < -0.39 is 0 Å². The molecule has 0 unspecified atom stereocenters. The van der Waals surface area contributed by atoms with E-state index in [1.165, 1.54) is 18.3 Å². The van der Waals surface area contributed by atoms with Gasteiger partial charge in [0.15, 0.2) is 10.9 Å². The summed E-state index contributed by atoms with van der Waals surface area (Å²) in [5.74, 6) is -0.302. The summed E-state index contributed by atoms with van der Waals surface area (Å²) in [6.07, 6.45) is 1.34. The Morgan fingerprint density at radius 2 is 2.12 bits per heavy atom. The number of aromatic nitrogens is 1. The Balaban J connectivity index is 1.80. The Bertz CT molecular complexity index is 828. The number of benzene rings is 1. The summed E-state index contributed by atoms with van der Waals surface area (Å²) in [5, 5.41) is 3.35. The van der Waals surface area contributed by atoms with Crippen molar-refractivity contribution in [3.63, 3.8) is 0 Å². The minimum Gasteiger partial charge on any atom is -0.321 e. The smallest absolute Gasteiger partial charge is 0.267 e. The molecule has 2 aromatic rings. The van der Waals surface area contributed by atoms with Gasteiger partial charge in [0.1, 0.15) is 4.88 Å². The summed E-state index contributed by atoms with van der Waals surface area (Å²) in [4.78, 5) is 42.2. The number of rotatable bonds is 4. The predicted molar refractivity (Wildman–Crippen MR) is 92.8 cm³/mol. The summed E-state index contributed by atoms with van der Waals surface area (Å²) in [6, 6.07) is 6.79. The number of aryl methyl sites for hydroxylation is 1. The molecular weight excluding hydrogens is 326 g/mol. The fourth-order valence-electron chi connectivity index (χ4n) is 2.56. The van der Waals surface area contributed by atoms with Crippen LogP contribution in [0.5, 0.6) is 0 Å². The predicted octanol–water partition coefficient (Wildman–Crippen LogP) is 3.03. The van der Waals surface area contributed by atoms with Gasteiger partial charge in [0.05, 0.1) is 5.69 Å². The first-order valence-electron chi connectivity index (χ1n) is 7.66. The summed E-state index contributed by atoms with van der Waals surface area (Å²) in [7, 11) is 0. The highest BCUT2D eigenvalue weighted by Gasteiger charge is 2.26. The lowest BCUT2D eigenvalue weighted by molar-refractivity contribution is -0.117. The number of thiazole rings is 1. The Labute approximate surface area is 143 Å². The van der Waals surface area contributed by atoms with Crippen LogP contribution in [-0.4, -0.2) is 29.1 Å². The molecule has 24 heavy (non-hydrogen) atoms. The van der Waals surface area contributed by atoms with E-state index in [0.29, 0.717) is 39.9 Å². The van der Waals surface area contributed by atoms with E-state index >= 15 is 0 Å². The molecule has 1 aliphatic rings. The lowest BCUT2D eigenvalue weighted by Gasteiger charge is -2.10. The van der Waals surface area contributed by atoms with Crippen molar-refractivity contribution in [3.8, 4) is 0 Å². The van der Waals surface area contributed by atoms with Crippen LogP contribution in [0.25, 0.3) is 0 Å². The molecule has 3 rings (SSSR count). The quantitative estimate of drug-likeness (QED) is 0.866. The van der Waals surface area contributed by atoms with Gasteiger partial charge in [-0.3, -0.25) is 19.3 Å². The highest BCUT2D eigenvalue weighted by Crippen LogP contribution is 2.29. The average Bonchev–Trinajstić information content (AvgIpc) is 3.13. The van der Waals surface area contributed by atoms with Gasteiger partial charge in [0.2, 0.25) is 5.91 Å². The van der Waals surface area contributed by atoms with E-state index in [4.69, 9.17) is 0 Å². The Morgan fingerprint density at radius 3 is 2.79 bits per heavy atom. The first-order valence-corrected chi connectivity index (χ1v) is 8.47. The lowest BCUT2D eigenvalue weighted by atomic mass is 10.1. The van der Waals surface area contributed by atoms with Crippen molar-refractivity contribution >= 4 is 39.8 Å². The minimum atomic E-state index is -0.288. The molecule has 1 aliphatic heterocycles. The van der Waals surface area contributed by atoms with Gasteiger partial charge in [0, 0.05) is 24.2 Å². The van der Waals surface area contributed by atoms with Gasteiger partial charge < -0.3 is 5.32 Å². The largest absolute Gasteiger partial charge is 0.321 e. The third kappa shape index (κ3) is 3.21. The summed E-state index contributed by atoms with van der Waals surface area (Å²) in [6.45, 7) is 3.88. The SMILES string of the molecule is CC(=O)c1cccc(NC(=O)c2sc(N3CCCC3=O)nc2C)c1. The van der Waals surface area contributed by atoms with Gasteiger partial charge in [-0.2, -0.15) is 0 Å². The van der Waals surface area contributed by atoms with Gasteiger partial charge in [-0.15, -0.1) is 0 Å². The molecule has 0 atom stereocenters. The van der Waals surface area contributed by atoms with E-state index in [9.17, 15) is 14.4 Å². The average molecular weight is 343 g/mol. The van der Waals surface area contributed by atoms with Gasteiger partial charge in [-0.25, -0.2) is 4.98 Å². The molecule has 1 saturated heterocycles. The van der Waals surface area contributed by atoms with Gasteiger partial charge in [-0.1, -0.05) is 23.5 Å². The molecule has 0 aliphatic carbocycles. The first-order chi connectivity index (χ1) is 11.5. The maximum absolute atomic E-state index is 12.5. The second-order valence-electron chi connectivity index (χ2n) is 5.65. The van der Waals surface area contributed by atoms with Crippen LogP contribution in [0.3, 0.4) is 0 Å². The topological polar surface area (TPSA) is 79.4 Å². The number of carbonyl (C=O) groups is 3. The van der Waals surface area contributed by atoms with Crippen molar-refractivity contribution < 1.29 is 14.4 Å². The number of ketones is 1. The third-order valence-electron chi connectivity index (χ3n) is 3.82. The Kier molecular flexibility index (Phi) is 4.44. The summed E-state index contributed by atoms with van der Waals surface area (Å²) >= 11 is 1.21. The highest BCUT2D eigenvalue weighted by molar-refractivity contribution is 7.18. The van der Waals surface area contributed by atoms with E-state index in [2.05, 4.69) is 10.3 Å². The summed E-state index contributed by atoms with van der Waals surface area (Å²) in [5.41, 5.74) is 1.69. The van der Waals surface area contributed by atoms with E-state index in [0.717, 1.165) is 6.42 Å². The van der Waals surface area contributed by atoms with Crippen LogP contribution in [0, 0.1) is 6.92 Å².